The largest absolute Gasteiger partial charge is 0.386 e. The number of nitrogens with one attached hydrogen (secondary N) is 2. The first-order chi connectivity index (χ1) is 9.27. The van der Waals surface area contributed by atoms with Crippen LogP contribution in [-0.4, -0.2) is 19.8 Å². The Labute approximate surface area is 115 Å². The van der Waals surface area contributed by atoms with Gasteiger partial charge in [0.2, 0.25) is 10.0 Å². The normalized spacial score (nSPS) is 18.1. The fourth-order valence-corrected chi connectivity index (χ4v) is 3.91. The van der Waals surface area contributed by atoms with Gasteiger partial charge in [-0.1, -0.05) is 12.8 Å². The standard InChI is InChI=1S/C12H15F2N3O2S/c13-8-3-4-10(9(14)7-8)20(18,19)17-12(11(15)16)5-1-2-6-12/h3-4,7,17H,1-2,5-6H2,(H3,15,16). The van der Waals surface area contributed by atoms with E-state index in [0.29, 0.717) is 18.9 Å². The van der Waals surface area contributed by atoms with Gasteiger partial charge in [0, 0.05) is 6.07 Å². The van der Waals surface area contributed by atoms with Crippen LogP contribution in [-0.2, 0) is 10.0 Å². The number of nitrogens with two attached hydrogens (primary N) is 1. The van der Waals surface area contributed by atoms with Crippen LogP contribution in [0.25, 0.3) is 0 Å². The Bertz CT molecular complexity index is 640. The Hall–Kier alpha value is -1.54. The zero-order valence-electron chi connectivity index (χ0n) is 10.6. The van der Waals surface area contributed by atoms with Crippen LogP contribution in [0.1, 0.15) is 25.7 Å². The third-order valence-electron chi connectivity index (χ3n) is 3.49. The summed E-state index contributed by atoms with van der Waals surface area (Å²) in [4.78, 5) is -0.647. The third-order valence-corrected chi connectivity index (χ3v) is 5.06. The van der Waals surface area contributed by atoms with Gasteiger partial charge in [0.1, 0.15) is 22.4 Å². The quantitative estimate of drug-likeness (QED) is 0.581. The topological polar surface area (TPSA) is 96.0 Å². The first-order valence-electron chi connectivity index (χ1n) is 6.10. The fraction of sp³-hybridized carbons (Fsp3) is 0.417. The van der Waals surface area contributed by atoms with E-state index >= 15 is 0 Å². The van der Waals surface area contributed by atoms with E-state index in [1.165, 1.54) is 0 Å². The summed E-state index contributed by atoms with van der Waals surface area (Å²) in [6, 6.07) is 2.23. The second-order valence-electron chi connectivity index (χ2n) is 4.88. The summed E-state index contributed by atoms with van der Waals surface area (Å²) in [5, 5.41) is 7.57. The molecule has 0 saturated heterocycles. The maximum absolute atomic E-state index is 13.6. The number of hydrogen-bond donors (Lipinski definition) is 3. The summed E-state index contributed by atoms with van der Waals surface area (Å²) in [6.07, 6.45) is 2.25. The molecule has 1 aromatic carbocycles. The molecule has 1 fully saturated rings. The highest BCUT2D eigenvalue weighted by molar-refractivity contribution is 7.89. The molecule has 1 aromatic rings. The average Bonchev–Trinajstić information content (AvgIpc) is 2.77. The molecule has 0 amide bonds. The molecule has 0 aliphatic heterocycles. The van der Waals surface area contributed by atoms with Gasteiger partial charge in [0.05, 0.1) is 5.54 Å². The lowest BCUT2D eigenvalue weighted by Crippen LogP contribution is -2.55. The van der Waals surface area contributed by atoms with Gasteiger partial charge in [-0.2, -0.15) is 4.72 Å². The van der Waals surface area contributed by atoms with Gasteiger partial charge in [-0.3, -0.25) is 5.41 Å². The number of sulfonamides is 1. The van der Waals surface area contributed by atoms with Crippen LogP contribution in [0.2, 0.25) is 0 Å². The maximum Gasteiger partial charge on any atom is 0.244 e. The lowest BCUT2D eigenvalue weighted by Gasteiger charge is -2.28. The Morgan fingerprint density at radius 2 is 1.90 bits per heavy atom. The minimum atomic E-state index is -4.21. The van der Waals surface area contributed by atoms with Crippen molar-refractivity contribution in [1.29, 1.82) is 5.41 Å². The van der Waals surface area contributed by atoms with E-state index in [1.54, 1.807) is 0 Å². The fourth-order valence-electron chi connectivity index (χ4n) is 2.41. The van der Waals surface area contributed by atoms with Crippen LogP contribution in [0.5, 0.6) is 0 Å². The molecular weight excluding hydrogens is 288 g/mol. The van der Waals surface area contributed by atoms with Gasteiger partial charge in [0.15, 0.2) is 0 Å². The zero-order chi connectivity index (χ0) is 15.0. The molecule has 1 saturated carbocycles. The van der Waals surface area contributed by atoms with Gasteiger partial charge in [-0.25, -0.2) is 17.2 Å². The van der Waals surface area contributed by atoms with Crippen molar-refractivity contribution in [2.45, 2.75) is 36.1 Å². The molecule has 0 atom stereocenters. The summed E-state index contributed by atoms with van der Waals surface area (Å²) >= 11 is 0. The van der Waals surface area contributed by atoms with Gasteiger partial charge in [-0.15, -0.1) is 0 Å². The number of halogens is 2. The SMILES string of the molecule is N=C(N)C1(NS(=O)(=O)c2ccc(F)cc2F)CCCC1. The predicted octanol–water partition coefficient (Wildman–Crippen LogP) is 1.49. The Morgan fingerprint density at radius 3 is 2.40 bits per heavy atom. The summed E-state index contributed by atoms with van der Waals surface area (Å²) < 4.78 is 53.1. The third kappa shape index (κ3) is 2.66. The molecule has 0 radical (unpaired) electrons. The predicted molar refractivity (Wildman–Crippen MR) is 69.8 cm³/mol. The highest BCUT2D eigenvalue weighted by atomic mass is 32.2. The number of rotatable bonds is 4. The van der Waals surface area contributed by atoms with E-state index < -0.39 is 32.1 Å². The molecule has 20 heavy (non-hydrogen) atoms. The number of amidine groups is 1. The number of hydrogen-bond acceptors (Lipinski definition) is 3. The first-order valence-corrected chi connectivity index (χ1v) is 7.59. The van der Waals surface area contributed by atoms with Crippen molar-refractivity contribution in [1.82, 2.24) is 4.72 Å². The molecule has 8 heteroatoms. The Balaban J connectivity index is 2.38. The molecule has 0 spiro atoms. The van der Waals surface area contributed by atoms with Crippen LogP contribution < -0.4 is 10.5 Å². The first kappa shape index (κ1) is 14.9. The van der Waals surface area contributed by atoms with E-state index in [9.17, 15) is 17.2 Å². The van der Waals surface area contributed by atoms with Gasteiger partial charge in [-0.05, 0) is 25.0 Å². The molecule has 5 nitrogen and oxygen atoms in total. The molecule has 4 N–H and O–H groups in total. The van der Waals surface area contributed by atoms with Gasteiger partial charge >= 0.3 is 0 Å². The lowest BCUT2D eigenvalue weighted by atomic mass is 9.98. The van der Waals surface area contributed by atoms with E-state index in [0.717, 1.165) is 25.0 Å². The van der Waals surface area contributed by atoms with Crippen molar-refractivity contribution >= 4 is 15.9 Å². The van der Waals surface area contributed by atoms with E-state index in [1.807, 2.05) is 0 Å². The van der Waals surface area contributed by atoms with Crippen LogP contribution in [0.3, 0.4) is 0 Å². The molecule has 0 bridgehead atoms. The number of benzene rings is 1. The molecule has 2 rings (SSSR count). The summed E-state index contributed by atoms with van der Waals surface area (Å²) in [5.41, 5.74) is 4.32. The zero-order valence-corrected chi connectivity index (χ0v) is 11.4. The molecule has 0 aromatic heterocycles. The van der Waals surface area contributed by atoms with Crippen LogP contribution in [0.4, 0.5) is 8.78 Å². The second kappa shape index (κ2) is 5.10. The molecule has 1 aliphatic rings. The summed E-state index contributed by atoms with van der Waals surface area (Å²) in [6.45, 7) is 0. The van der Waals surface area contributed by atoms with E-state index in [4.69, 9.17) is 11.1 Å². The molecule has 0 unspecified atom stereocenters. The van der Waals surface area contributed by atoms with Gasteiger partial charge in [0.25, 0.3) is 0 Å². The van der Waals surface area contributed by atoms with E-state index in [2.05, 4.69) is 4.72 Å². The van der Waals surface area contributed by atoms with E-state index in [-0.39, 0.29) is 5.84 Å². The lowest BCUT2D eigenvalue weighted by molar-refractivity contribution is 0.489. The van der Waals surface area contributed by atoms with Crippen molar-refractivity contribution in [2.75, 3.05) is 0 Å². The Kier molecular flexibility index (Phi) is 3.79. The van der Waals surface area contributed by atoms with Crippen molar-refractivity contribution in [2.24, 2.45) is 5.73 Å². The van der Waals surface area contributed by atoms with Crippen molar-refractivity contribution in [3.8, 4) is 0 Å². The molecule has 110 valence electrons. The minimum Gasteiger partial charge on any atom is -0.386 e. The van der Waals surface area contributed by atoms with Crippen LogP contribution in [0.15, 0.2) is 23.1 Å². The Morgan fingerprint density at radius 1 is 1.30 bits per heavy atom. The maximum atomic E-state index is 13.6. The monoisotopic (exact) mass is 303 g/mol. The smallest absolute Gasteiger partial charge is 0.244 e. The summed E-state index contributed by atoms with van der Waals surface area (Å²) in [7, 11) is -4.21. The molecule has 0 heterocycles. The summed E-state index contributed by atoms with van der Waals surface area (Å²) in [5.74, 6) is -2.32. The second-order valence-corrected chi connectivity index (χ2v) is 6.53. The minimum absolute atomic E-state index is 0.291. The molecular formula is C12H15F2N3O2S. The van der Waals surface area contributed by atoms with Crippen molar-refractivity contribution < 1.29 is 17.2 Å². The van der Waals surface area contributed by atoms with Crippen molar-refractivity contribution in [3.63, 3.8) is 0 Å². The highest BCUT2D eigenvalue weighted by Gasteiger charge is 2.41. The van der Waals surface area contributed by atoms with Crippen LogP contribution >= 0.6 is 0 Å². The average molecular weight is 303 g/mol. The molecule has 1 aliphatic carbocycles. The highest BCUT2D eigenvalue weighted by Crippen LogP contribution is 2.31. The van der Waals surface area contributed by atoms with Gasteiger partial charge < -0.3 is 5.73 Å². The van der Waals surface area contributed by atoms with Crippen molar-refractivity contribution in [3.05, 3.63) is 29.8 Å². The van der Waals surface area contributed by atoms with Crippen LogP contribution in [0, 0.1) is 17.0 Å².